The minimum absolute atomic E-state index is 0.826. The first-order chi connectivity index (χ1) is 7.86. The van der Waals surface area contributed by atoms with Crippen LogP contribution in [0.1, 0.15) is 12.8 Å². The zero-order valence-corrected chi connectivity index (χ0v) is 9.19. The van der Waals surface area contributed by atoms with Crippen LogP contribution >= 0.6 is 0 Å². The summed E-state index contributed by atoms with van der Waals surface area (Å²) in [5.41, 5.74) is 6.88. The highest BCUT2D eigenvalue weighted by Gasteiger charge is 2.16. The van der Waals surface area contributed by atoms with Crippen LogP contribution in [0.15, 0.2) is 30.5 Å². The predicted octanol–water partition coefficient (Wildman–Crippen LogP) is 2.42. The Morgan fingerprint density at radius 3 is 2.75 bits per heavy atom. The summed E-state index contributed by atoms with van der Waals surface area (Å²) < 4.78 is 0. The third-order valence-electron chi connectivity index (χ3n) is 3.21. The first-order valence-electron chi connectivity index (χ1n) is 5.74. The maximum atomic E-state index is 6.06. The lowest BCUT2D eigenvalue weighted by molar-refractivity contribution is 0.946. The van der Waals surface area contributed by atoms with E-state index in [0.29, 0.717) is 0 Å². The van der Waals surface area contributed by atoms with Gasteiger partial charge in [-0.15, -0.1) is 0 Å². The maximum Gasteiger partial charge on any atom is 0.138 e. The molecule has 0 aliphatic carbocycles. The lowest BCUT2D eigenvalue weighted by Crippen LogP contribution is -2.19. The topological polar surface area (TPSA) is 42.1 Å². The molecule has 0 atom stereocenters. The van der Waals surface area contributed by atoms with E-state index in [1.165, 1.54) is 18.2 Å². The molecule has 1 aliphatic heterocycles. The Morgan fingerprint density at radius 2 is 1.94 bits per heavy atom. The van der Waals surface area contributed by atoms with Crippen molar-refractivity contribution in [2.24, 2.45) is 0 Å². The van der Waals surface area contributed by atoms with E-state index in [-0.39, 0.29) is 0 Å². The molecule has 2 heterocycles. The largest absolute Gasteiger partial charge is 0.398 e. The van der Waals surface area contributed by atoms with E-state index in [2.05, 4.69) is 16.0 Å². The van der Waals surface area contributed by atoms with Crippen molar-refractivity contribution >= 4 is 22.3 Å². The number of hydrogen-bond donors (Lipinski definition) is 1. The maximum absolute atomic E-state index is 6.06. The highest BCUT2D eigenvalue weighted by atomic mass is 15.2. The van der Waals surface area contributed by atoms with Crippen LogP contribution in [-0.2, 0) is 0 Å². The van der Waals surface area contributed by atoms with E-state index in [1.54, 1.807) is 0 Å². The molecule has 16 heavy (non-hydrogen) atoms. The lowest BCUT2D eigenvalue weighted by Gasteiger charge is -2.19. The highest BCUT2D eigenvalue weighted by Crippen LogP contribution is 2.31. The number of aromatic nitrogens is 1. The average molecular weight is 213 g/mol. The zero-order valence-electron chi connectivity index (χ0n) is 9.19. The number of hydrogen-bond acceptors (Lipinski definition) is 3. The number of fused-ring (bicyclic) bond motifs is 1. The van der Waals surface area contributed by atoms with Gasteiger partial charge in [-0.05, 0) is 30.4 Å². The van der Waals surface area contributed by atoms with Crippen molar-refractivity contribution in [3.8, 4) is 0 Å². The van der Waals surface area contributed by atoms with Gasteiger partial charge in [-0.25, -0.2) is 4.98 Å². The summed E-state index contributed by atoms with van der Waals surface area (Å²) in [5.74, 6) is 1.05. The van der Waals surface area contributed by atoms with E-state index in [4.69, 9.17) is 5.73 Å². The van der Waals surface area contributed by atoms with Gasteiger partial charge in [-0.3, -0.25) is 0 Å². The summed E-state index contributed by atoms with van der Waals surface area (Å²) in [5, 5.41) is 2.28. The van der Waals surface area contributed by atoms with Crippen LogP contribution in [0.2, 0.25) is 0 Å². The molecular formula is C13H15N3. The van der Waals surface area contributed by atoms with Crippen LogP contribution < -0.4 is 10.6 Å². The fraction of sp³-hybridized carbons (Fsp3) is 0.308. The van der Waals surface area contributed by atoms with Crippen LogP contribution in [0.3, 0.4) is 0 Å². The Hall–Kier alpha value is -1.77. The number of anilines is 2. The van der Waals surface area contributed by atoms with Gasteiger partial charge in [0.25, 0.3) is 0 Å². The molecule has 0 spiro atoms. The molecule has 0 saturated carbocycles. The molecule has 3 rings (SSSR count). The van der Waals surface area contributed by atoms with Gasteiger partial charge < -0.3 is 10.6 Å². The molecule has 1 saturated heterocycles. The Labute approximate surface area is 94.9 Å². The summed E-state index contributed by atoms with van der Waals surface area (Å²) in [7, 11) is 0. The monoisotopic (exact) mass is 213 g/mol. The number of nitrogens with zero attached hydrogens (tertiary/aromatic N) is 2. The molecular weight excluding hydrogens is 198 g/mol. The second-order valence-electron chi connectivity index (χ2n) is 4.27. The minimum atomic E-state index is 0.826. The molecule has 2 aromatic rings. The molecule has 1 aliphatic rings. The average Bonchev–Trinajstić information content (AvgIpc) is 2.82. The van der Waals surface area contributed by atoms with E-state index in [0.717, 1.165) is 30.0 Å². The molecule has 82 valence electrons. The van der Waals surface area contributed by atoms with E-state index in [1.807, 2.05) is 24.4 Å². The van der Waals surface area contributed by atoms with Gasteiger partial charge in [-0.1, -0.05) is 12.1 Å². The molecule has 1 fully saturated rings. The zero-order chi connectivity index (χ0) is 11.0. The Kier molecular flexibility index (Phi) is 2.17. The fourth-order valence-corrected chi connectivity index (χ4v) is 2.41. The van der Waals surface area contributed by atoms with Gasteiger partial charge >= 0.3 is 0 Å². The molecule has 0 radical (unpaired) electrons. The first-order valence-corrected chi connectivity index (χ1v) is 5.74. The smallest absolute Gasteiger partial charge is 0.138 e. The van der Waals surface area contributed by atoms with Crippen LogP contribution in [0.4, 0.5) is 11.5 Å². The minimum Gasteiger partial charge on any atom is -0.398 e. The SMILES string of the molecule is Nc1cccc2ccnc(N3CCCC3)c12. The van der Waals surface area contributed by atoms with Crippen LogP contribution in [-0.4, -0.2) is 18.1 Å². The molecule has 2 N–H and O–H groups in total. The van der Waals surface area contributed by atoms with Crippen molar-refractivity contribution in [3.63, 3.8) is 0 Å². The molecule has 1 aromatic carbocycles. The van der Waals surface area contributed by atoms with E-state index < -0.39 is 0 Å². The van der Waals surface area contributed by atoms with Gasteiger partial charge in [0, 0.05) is 30.4 Å². The van der Waals surface area contributed by atoms with Gasteiger partial charge in [-0.2, -0.15) is 0 Å². The standard InChI is InChI=1S/C13H15N3/c14-11-5-3-4-10-6-7-15-13(12(10)11)16-8-1-2-9-16/h3-7H,1-2,8-9,14H2. The number of pyridine rings is 1. The van der Waals surface area contributed by atoms with Crippen LogP contribution in [0.25, 0.3) is 10.8 Å². The van der Waals surface area contributed by atoms with Crippen LogP contribution in [0, 0.1) is 0 Å². The van der Waals surface area contributed by atoms with Crippen molar-refractivity contribution in [1.82, 2.24) is 4.98 Å². The molecule has 3 heteroatoms. The predicted molar refractivity (Wildman–Crippen MR) is 67.6 cm³/mol. The van der Waals surface area contributed by atoms with Gasteiger partial charge in [0.05, 0.1) is 0 Å². The fourth-order valence-electron chi connectivity index (χ4n) is 2.41. The van der Waals surface area contributed by atoms with Gasteiger partial charge in [0.1, 0.15) is 5.82 Å². The Morgan fingerprint density at radius 1 is 1.12 bits per heavy atom. The summed E-state index contributed by atoms with van der Waals surface area (Å²) in [4.78, 5) is 6.83. The van der Waals surface area contributed by atoms with Crippen molar-refractivity contribution in [2.75, 3.05) is 23.7 Å². The van der Waals surface area contributed by atoms with Crippen molar-refractivity contribution in [1.29, 1.82) is 0 Å². The number of benzene rings is 1. The van der Waals surface area contributed by atoms with Crippen LogP contribution in [0.5, 0.6) is 0 Å². The number of rotatable bonds is 1. The quantitative estimate of drug-likeness (QED) is 0.740. The summed E-state index contributed by atoms with van der Waals surface area (Å²) >= 11 is 0. The lowest BCUT2D eigenvalue weighted by atomic mass is 10.1. The second-order valence-corrected chi connectivity index (χ2v) is 4.27. The summed E-state index contributed by atoms with van der Waals surface area (Å²) in [6.45, 7) is 2.20. The molecule has 3 nitrogen and oxygen atoms in total. The van der Waals surface area contributed by atoms with Crippen molar-refractivity contribution < 1.29 is 0 Å². The molecule has 0 unspecified atom stereocenters. The Balaban J connectivity index is 2.23. The number of nitrogens with two attached hydrogens (primary N) is 1. The highest BCUT2D eigenvalue weighted by molar-refractivity contribution is 6.01. The van der Waals surface area contributed by atoms with Gasteiger partial charge in [0.15, 0.2) is 0 Å². The van der Waals surface area contributed by atoms with Crippen molar-refractivity contribution in [3.05, 3.63) is 30.5 Å². The number of nitrogen functional groups attached to an aromatic ring is 1. The third kappa shape index (κ3) is 1.40. The van der Waals surface area contributed by atoms with E-state index in [9.17, 15) is 0 Å². The van der Waals surface area contributed by atoms with Gasteiger partial charge in [0.2, 0.25) is 0 Å². The normalized spacial score (nSPS) is 15.9. The molecule has 0 bridgehead atoms. The van der Waals surface area contributed by atoms with Crippen molar-refractivity contribution in [2.45, 2.75) is 12.8 Å². The second kappa shape index (κ2) is 3.67. The van der Waals surface area contributed by atoms with E-state index >= 15 is 0 Å². The third-order valence-corrected chi connectivity index (χ3v) is 3.21. The Bertz CT molecular complexity index is 510. The summed E-state index contributed by atoms with van der Waals surface area (Å²) in [6, 6.07) is 8.05. The molecule has 1 aromatic heterocycles. The first kappa shape index (κ1) is 9.46. The summed E-state index contributed by atoms with van der Waals surface area (Å²) in [6.07, 6.45) is 4.38. The molecule has 0 amide bonds.